The van der Waals surface area contributed by atoms with Gasteiger partial charge in [-0.15, -0.1) is 0 Å². The van der Waals surface area contributed by atoms with Crippen LogP contribution < -0.4 is 10.6 Å². The fraction of sp³-hybridized carbons (Fsp3) is 0.263. The molecule has 2 aromatic rings. The van der Waals surface area contributed by atoms with Crippen molar-refractivity contribution in [3.63, 3.8) is 0 Å². The molecule has 0 bridgehead atoms. The third-order valence-electron chi connectivity index (χ3n) is 3.61. The predicted molar refractivity (Wildman–Crippen MR) is 92.9 cm³/mol. The van der Waals surface area contributed by atoms with E-state index < -0.39 is 0 Å². The van der Waals surface area contributed by atoms with Crippen LogP contribution in [0.25, 0.3) is 0 Å². The minimum Gasteiger partial charge on any atom is -0.350 e. The summed E-state index contributed by atoms with van der Waals surface area (Å²) in [5.74, 6) is -0.422. The normalized spacial score (nSPS) is 10.5. The lowest BCUT2D eigenvalue weighted by Gasteiger charge is -2.13. The first-order valence-corrected chi connectivity index (χ1v) is 7.67. The van der Waals surface area contributed by atoms with E-state index >= 15 is 0 Å². The molecular weight excluding hydrogens is 288 g/mol. The zero-order chi connectivity index (χ0) is 17.0. The Bertz CT molecular complexity index is 736. The maximum Gasteiger partial charge on any atom is 0.255 e. The highest BCUT2D eigenvalue weighted by Crippen LogP contribution is 2.17. The fourth-order valence-electron chi connectivity index (χ4n) is 2.21. The number of amides is 2. The number of benzene rings is 2. The van der Waals surface area contributed by atoms with Crippen molar-refractivity contribution in [3.05, 3.63) is 64.7 Å². The highest BCUT2D eigenvalue weighted by molar-refractivity contribution is 6.09. The Hall–Kier alpha value is -2.62. The van der Waals surface area contributed by atoms with Crippen LogP contribution in [0.15, 0.2) is 42.5 Å². The average molecular weight is 310 g/mol. The third kappa shape index (κ3) is 4.19. The summed E-state index contributed by atoms with van der Waals surface area (Å²) in [6, 6.07) is 12.6. The molecule has 0 spiro atoms. The number of rotatable bonds is 4. The van der Waals surface area contributed by atoms with E-state index in [0.29, 0.717) is 16.8 Å². The summed E-state index contributed by atoms with van der Waals surface area (Å²) in [7, 11) is 0. The molecule has 2 aromatic carbocycles. The number of carbonyl (C=O) groups excluding carboxylic acids is 2. The van der Waals surface area contributed by atoms with Crippen LogP contribution >= 0.6 is 0 Å². The number of nitrogens with one attached hydrogen (secondary N) is 2. The minimum atomic E-state index is -0.224. The molecule has 0 aliphatic heterocycles. The van der Waals surface area contributed by atoms with Crippen LogP contribution in [-0.2, 0) is 0 Å². The second-order valence-corrected chi connectivity index (χ2v) is 5.93. The second kappa shape index (κ2) is 7.09. The lowest BCUT2D eigenvalue weighted by atomic mass is 10.1. The molecule has 0 heterocycles. The SMILES string of the molecule is Cc1ccc(C(=O)Nc2ccccc2C(=O)NC(C)C)cc1C. The van der Waals surface area contributed by atoms with Gasteiger partial charge in [-0.1, -0.05) is 18.2 Å². The first-order valence-electron chi connectivity index (χ1n) is 7.67. The van der Waals surface area contributed by atoms with Crippen molar-refractivity contribution in [2.75, 3.05) is 5.32 Å². The van der Waals surface area contributed by atoms with Crippen LogP contribution in [0.2, 0.25) is 0 Å². The van der Waals surface area contributed by atoms with Crippen LogP contribution in [0.1, 0.15) is 45.7 Å². The Morgan fingerprint density at radius 1 is 0.913 bits per heavy atom. The Morgan fingerprint density at radius 3 is 2.26 bits per heavy atom. The van der Waals surface area contributed by atoms with E-state index in [-0.39, 0.29) is 17.9 Å². The van der Waals surface area contributed by atoms with E-state index in [4.69, 9.17) is 0 Å². The topological polar surface area (TPSA) is 58.2 Å². The molecule has 4 nitrogen and oxygen atoms in total. The predicted octanol–water partition coefficient (Wildman–Crippen LogP) is 3.69. The van der Waals surface area contributed by atoms with E-state index in [0.717, 1.165) is 11.1 Å². The number of hydrogen-bond donors (Lipinski definition) is 2. The van der Waals surface area contributed by atoms with Gasteiger partial charge in [0.15, 0.2) is 0 Å². The van der Waals surface area contributed by atoms with Crippen molar-refractivity contribution in [1.29, 1.82) is 0 Å². The lowest BCUT2D eigenvalue weighted by Crippen LogP contribution is -2.31. The standard InChI is InChI=1S/C19H22N2O2/c1-12(2)20-19(23)16-7-5-6-8-17(16)21-18(22)15-10-9-13(3)14(4)11-15/h5-12H,1-4H3,(H,20,23)(H,21,22). The first-order chi connectivity index (χ1) is 10.9. The van der Waals surface area contributed by atoms with Crippen LogP contribution in [-0.4, -0.2) is 17.9 Å². The monoisotopic (exact) mass is 310 g/mol. The van der Waals surface area contributed by atoms with E-state index in [1.165, 1.54) is 0 Å². The molecule has 0 fully saturated rings. The quantitative estimate of drug-likeness (QED) is 0.904. The van der Waals surface area contributed by atoms with Crippen molar-refractivity contribution in [2.45, 2.75) is 33.7 Å². The van der Waals surface area contributed by atoms with Gasteiger partial charge in [-0.3, -0.25) is 9.59 Å². The van der Waals surface area contributed by atoms with Crippen molar-refractivity contribution >= 4 is 17.5 Å². The molecule has 120 valence electrons. The van der Waals surface area contributed by atoms with Gasteiger partial charge >= 0.3 is 0 Å². The average Bonchev–Trinajstić information content (AvgIpc) is 2.49. The van der Waals surface area contributed by atoms with Gasteiger partial charge in [0.2, 0.25) is 0 Å². The Labute approximate surface area is 136 Å². The minimum absolute atomic E-state index is 0.0333. The summed E-state index contributed by atoms with van der Waals surface area (Å²) in [4.78, 5) is 24.7. The van der Waals surface area contributed by atoms with Gasteiger partial charge in [0, 0.05) is 11.6 Å². The molecule has 2 amide bonds. The van der Waals surface area contributed by atoms with Gasteiger partial charge in [-0.2, -0.15) is 0 Å². The van der Waals surface area contributed by atoms with Crippen LogP contribution in [0, 0.1) is 13.8 Å². The summed E-state index contributed by atoms with van der Waals surface area (Å²) in [5.41, 5.74) is 3.74. The molecule has 2 N–H and O–H groups in total. The number of carbonyl (C=O) groups is 2. The third-order valence-corrected chi connectivity index (χ3v) is 3.61. The van der Waals surface area contributed by atoms with Gasteiger partial charge in [0.05, 0.1) is 11.3 Å². The van der Waals surface area contributed by atoms with Gasteiger partial charge in [0.1, 0.15) is 0 Å². The number of anilines is 1. The maximum absolute atomic E-state index is 12.4. The highest BCUT2D eigenvalue weighted by Gasteiger charge is 2.14. The van der Waals surface area contributed by atoms with E-state index in [1.54, 1.807) is 30.3 Å². The van der Waals surface area contributed by atoms with Crippen LogP contribution in [0.4, 0.5) is 5.69 Å². The summed E-state index contributed by atoms with van der Waals surface area (Å²) >= 11 is 0. The maximum atomic E-state index is 12.4. The Balaban J connectivity index is 2.24. The van der Waals surface area contributed by atoms with Crippen LogP contribution in [0.5, 0.6) is 0 Å². The molecule has 0 unspecified atom stereocenters. The van der Waals surface area contributed by atoms with Crippen molar-refractivity contribution < 1.29 is 9.59 Å². The van der Waals surface area contributed by atoms with Crippen molar-refractivity contribution in [2.24, 2.45) is 0 Å². The summed E-state index contributed by atoms with van der Waals surface area (Å²) in [6.45, 7) is 7.76. The van der Waals surface area contributed by atoms with Gasteiger partial charge in [0.25, 0.3) is 11.8 Å². The molecule has 0 radical (unpaired) electrons. The molecule has 0 aromatic heterocycles. The zero-order valence-corrected chi connectivity index (χ0v) is 13.9. The van der Waals surface area contributed by atoms with E-state index in [1.807, 2.05) is 39.8 Å². The van der Waals surface area contributed by atoms with Crippen LogP contribution in [0.3, 0.4) is 0 Å². The number of para-hydroxylation sites is 1. The van der Waals surface area contributed by atoms with E-state index in [2.05, 4.69) is 10.6 Å². The largest absolute Gasteiger partial charge is 0.350 e. The molecule has 0 saturated carbocycles. The first kappa shape index (κ1) is 16.7. The second-order valence-electron chi connectivity index (χ2n) is 5.93. The molecule has 0 saturated heterocycles. The molecule has 0 aliphatic carbocycles. The number of hydrogen-bond acceptors (Lipinski definition) is 2. The summed E-state index contributed by atoms with van der Waals surface area (Å²) in [5, 5.41) is 5.67. The smallest absolute Gasteiger partial charge is 0.255 e. The molecule has 0 aliphatic rings. The number of aryl methyl sites for hydroxylation is 2. The zero-order valence-electron chi connectivity index (χ0n) is 13.9. The fourth-order valence-corrected chi connectivity index (χ4v) is 2.21. The van der Waals surface area contributed by atoms with Gasteiger partial charge in [-0.05, 0) is 63.1 Å². The molecule has 23 heavy (non-hydrogen) atoms. The lowest BCUT2D eigenvalue weighted by molar-refractivity contribution is 0.0944. The summed E-state index contributed by atoms with van der Waals surface area (Å²) in [6.07, 6.45) is 0. The molecular formula is C19H22N2O2. The van der Waals surface area contributed by atoms with Crippen molar-refractivity contribution in [3.8, 4) is 0 Å². The van der Waals surface area contributed by atoms with Gasteiger partial charge < -0.3 is 10.6 Å². The van der Waals surface area contributed by atoms with Crippen molar-refractivity contribution in [1.82, 2.24) is 5.32 Å². The summed E-state index contributed by atoms with van der Waals surface area (Å²) < 4.78 is 0. The molecule has 4 heteroatoms. The molecule has 0 atom stereocenters. The van der Waals surface area contributed by atoms with Gasteiger partial charge in [-0.25, -0.2) is 0 Å². The Kier molecular flexibility index (Phi) is 5.16. The Morgan fingerprint density at radius 2 is 1.61 bits per heavy atom. The molecule has 2 rings (SSSR count). The highest BCUT2D eigenvalue weighted by atomic mass is 16.2. The van der Waals surface area contributed by atoms with E-state index in [9.17, 15) is 9.59 Å².